The van der Waals surface area contributed by atoms with Crippen LogP contribution < -0.4 is 15.6 Å². The number of β-amino-alcohol motifs (C(OH)–C–C–N with tert-alkyl or cyclic N) is 1. The Labute approximate surface area is 203 Å². The Hall–Kier alpha value is -3.73. The van der Waals surface area contributed by atoms with E-state index >= 15 is 0 Å². The summed E-state index contributed by atoms with van der Waals surface area (Å²) in [6.07, 6.45) is 1.80. The first-order valence-corrected chi connectivity index (χ1v) is 11.5. The van der Waals surface area contributed by atoms with Gasteiger partial charge < -0.3 is 10.4 Å². The van der Waals surface area contributed by atoms with Gasteiger partial charge in [0.25, 0.3) is 5.91 Å². The van der Waals surface area contributed by atoms with Crippen molar-refractivity contribution >= 4 is 28.7 Å². The minimum absolute atomic E-state index is 0.0441. The number of anilines is 1. The second-order valence-electron chi connectivity index (χ2n) is 9.81. The number of nitrogens with one attached hydrogen (secondary N) is 1. The summed E-state index contributed by atoms with van der Waals surface area (Å²) in [5.74, 6) is -4.54. The van der Waals surface area contributed by atoms with Gasteiger partial charge in [0, 0.05) is 23.9 Å². The average molecular weight is 500 g/mol. The van der Waals surface area contributed by atoms with E-state index in [1.807, 2.05) is 13.8 Å². The highest BCUT2D eigenvalue weighted by Gasteiger charge is 2.39. The minimum atomic E-state index is -1.28. The molecular weight excluding hydrogens is 477 g/mol. The first-order chi connectivity index (χ1) is 17.0. The summed E-state index contributed by atoms with van der Waals surface area (Å²) in [6, 6.07) is 3.61. The maximum atomic E-state index is 14.9. The van der Waals surface area contributed by atoms with E-state index in [1.54, 1.807) is 0 Å². The summed E-state index contributed by atoms with van der Waals surface area (Å²) in [4.78, 5) is 44.2. The first kappa shape index (κ1) is 24.0. The van der Waals surface area contributed by atoms with E-state index in [1.165, 1.54) is 17.0 Å². The van der Waals surface area contributed by atoms with Crippen molar-refractivity contribution in [1.82, 2.24) is 14.9 Å². The quantitative estimate of drug-likeness (QED) is 0.561. The molecule has 1 saturated carbocycles. The zero-order chi connectivity index (χ0) is 25.9. The standard InChI is InChI=1S/C25H23F3N4O4/c1-25(2,12-3-4-12)30-24(36)16-11-32(21-17(27)7-13(26)8-18(21)28)23-15(22(16)35)5-6-19(29-23)31-10-14(33)9-20(31)34/h5-8,11-12,14,33H,3-4,9-10H2,1-2H3,(H,30,36)/t14-/m0/s1. The number of hydrogen-bond donors (Lipinski definition) is 2. The van der Waals surface area contributed by atoms with Crippen LogP contribution in [-0.2, 0) is 4.79 Å². The number of aliphatic hydroxyl groups excluding tert-OH is 1. The van der Waals surface area contributed by atoms with E-state index in [0.717, 1.165) is 23.6 Å². The van der Waals surface area contributed by atoms with Crippen LogP contribution >= 0.6 is 0 Å². The van der Waals surface area contributed by atoms with Crippen molar-refractivity contribution in [2.75, 3.05) is 11.4 Å². The normalized spacial score (nSPS) is 18.2. The van der Waals surface area contributed by atoms with Gasteiger partial charge in [-0.3, -0.25) is 23.9 Å². The molecule has 1 aliphatic heterocycles. The molecule has 1 aliphatic carbocycles. The second-order valence-corrected chi connectivity index (χ2v) is 9.81. The van der Waals surface area contributed by atoms with E-state index in [-0.39, 0.29) is 41.3 Å². The zero-order valence-corrected chi connectivity index (χ0v) is 19.5. The predicted molar refractivity (Wildman–Crippen MR) is 124 cm³/mol. The number of nitrogens with zero attached hydrogens (tertiary/aromatic N) is 3. The van der Waals surface area contributed by atoms with Crippen LogP contribution in [0.1, 0.15) is 43.5 Å². The Kier molecular flexibility index (Phi) is 5.62. The van der Waals surface area contributed by atoms with Gasteiger partial charge in [0.1, 0.15) is 22.9 Å². The predicted octanol–water partition coefficient (Wildman–Crippen LogP) is 2.82. The molecular formula is C25H23F3N4O4. The van der Waals surface area contributed by atoms with Gasteiger partial charge in [-0.1, -0.05) is 0 Å². The number of halogens is 3. The van der Waals surface area contributed by atoms with Crippen LogP contribution in [0, 0.1) is 23.4 Å². The van der Waals surface area contributed by atoms with E-state index in [4.69, 9.17) is 0 Å². The number of rotatable bonds is 5. The monoisotopic (exact) mass is 500 g/mol. The van der Waals surface area contributed by atoms with Gasteiger partial charge >= 0.3 is 0 Å². The minimum Gasteiger partial charge on any atom is -0.391 e. The number of pyridine rings is 2. The number of benzene rings is 1. The Morgan fingerprint density at radius 3 is 2.39 bits per heavy atom. The fourth-order valence-corrected chi connectivity index (χ4v) is 4.62. The van der Waals surface area contributed by atoms with Gasteiger partial charge in [-0.15, -0.1) is 0 Å². The third kappa shape index (κ3) is 4.13. The lowest BCUT2D eigenvalue weighted by molar-refractivity contribution is -0.117. The van der Waals surface area contributed by atoms with Crippen molar-refractivity contribution in [1.29, 1.82) is 0 Å². The maximum Gasteiger partial charge on any atom is 0.257 e. The molecule has 3 aromatic rings. The third-order valence-corrected chi connectivity index (χ3v) is 6.72. The molecule has 0 radical (unpaired) electrons. The molecule has 188 valence electrons. The van der Waals surface area contributed by atoms with Crippen LogP contribution in [0.15, 0.2) is 35.3 Å². The Morgan fingerprint density at radius 2 is 1.81 bits per heavy atom. The summed E-state index contributed by atoms with van der Waals surface area (Å²) in [5, 5.41) is 12.5. The molecule has 1 aromatic carbocycles. The van der Waals surface area contributed by atoms with Crippen molar-refractivity contribution in [2.24, 2.45) is 5.92 Å². The van der Waals surface area contributed by atoms with E-state index in [0.29, 0.717) is 12.1 Å². The number of carbonyl (C=O) groups excluding carboxylic acids is 2. The summed E-state index contributed by atoms with van der Waals surface area (Å²) in [6.45, 7) is 3.62. The second kappa shape index (κ2) is 8.44. The van der Waals surface area contributed by atoms with Crippen molar-refractivity contribution in [3.05, 3.63) is 63.7 Å². The van der Waals surface area contributed by atoms with Crippen LogP contribution in [0.25, 0.3) is 16.7 Å². The molecule has 2 fully saturated rings. The van der Waals surface area contributed by atoms with Crippen LogP contribution in [0.4, 0.5) is 19.0 Å². The number of amides is 2. The van der Waals surface area contributed by atoms with Gasteiger partial charge in [0.15, 0.2) is 17.3 Å². The highest BCUT2D eigenvalue weighted by Crippen LogP contribution is 2.39. The largest absolute Gasteiger partial charge is 0.391 e. The molecule has 1 atom stereocenters. The smallest absolute Gasteiger partial charge is 0.257 e. The molecule has 0 bridgehead atoms. The Bertz CT molecular complexity index is 1460. The molecule has 8 nitrogen and oxygen atoms in total. The lowest BCUT2D eigenvalue weighted by Gasteiger charge is -2.26. The van der Waals surface area contributed by atoms with E-state index in [2.05, 4.69) is 10.3 Å². The topological polar surface area (TPSA) is 105 Å². The van der Waals surface area contributed by atoms with Gasteiger partial charge in [-0.05, 0) is 44.7 Å². The zero-order valence-electron chi connectivity index (χ0n) is 19.5. The fraction of sp³-hybridized carbons (Fsp3) is 0.360. The number of hydrogen-bond acceptors (Lipinski definition) is 5. The summed E-state index contributed by atoms with van der Waals surface area (Å²) < 4.78 is 44.2. The van der Waals surface area contributed by atoms with Gasteiger partial charge in [0.05, 0.1) is 24.5 Å². The molecule has 36 heavy (non-hydrogen) atoms. The van der Waals surface area contributed by atoms with Crippen LogP contribution in [-0.4, -0.2) is 44.7 Å². The number of aromatic nitrogens is 2. The molecule has 2 aromatic heterocycles. The third-order valence-electron chi connectivity index (χ3n) is 6.72. The molecule has 0 spiro atoms. The van der Waals surface area contributed by atoms with Gasteiger partial charge in [0.2, 0.25) is 11.3 Å². The molecule has 2 N–H and O–H groups in total. The fourth-order valence-electron chi connectivity index (χ4n) is 4.62. The molecule has 3 heterocycles. The summed E-state index contributed by atoms with van der Waals surface area (Å²) in [7, 11) is 0. The maximum absolute atomic E-state index is 14.9. The van der Waals surface area contributed by atoms with Crippen LogP contribution in [0.5, 0.6) is 0 Å². The molecule has 2 aliphatic rings. The lowest BCUT2D eigenvalue weighted by Crippen LogP contribution is -2.46. The molecule has 0 unspecified atom stereocenters. The van der Waals surface area contributed by atoms with Crippen molar-refractivity contribution in [2.45, 2.75) is 44.8 Å². The van der Waals surface area contributed by atoms with E-state index in [9.17, 15) is 32.7 Å². The first-order valence-electron chi connectivity index (χ1n) is 11.5. The van der Waals surface area contributed by atoms with E-state index < -0.39 is 52.0 Å². The molecule has 11 heteroatoms. The van der Waals surface area contributed by atoms with Crippen LogP contribution in [0.3, 0.4) is 0 Å². The lowest BCUT2D eigenvalue weighted by atomic mass is 9.98. The average Bonchev–Trinajstić information content (AvgIpc) is 3.59. The van der Waals surface area contributed by atoms with Crippen LogP contribution in [0.2, 0.25) is 0 Å². The molecule has 1 saturated heterocycles. The van der Waals surface area contributed by atoms with Gasteiger partial charge in [-0.25, -0.2) is 18.2 Å². The highest BCUT2D eigenvalue weighted by atomic mass is 19.1. The Balaban J connectivity index is 1.73. The molecule has 5 rings (SSSR count). The highest BCUT2D eigenvalue weighted by molar-refractivity contribution is 5.99. The SMILES string of the molecule is CC(C)(NC(=O)c1cn(-c2c(F)cc(F)cc2F)c2nc(N3C[C@@H](O)CC3=O)ccc2c1=O)C1CC1. The van der Waals surface area contributed by atoms with Crippen molar-refractivity contribution in [3.63, 3.8) is 0 Å². The summed E-state index contributed by atoms with van der Waals surface area (Å²) >= 11 is 0. The van der Waals surface area contributed by atoms with Crippen molar-refractivity contribution in [3.8, 4) is 5.69 Å². The number of fused-ring (bicyclic) bond motifs is 1. The molecule has 2 amide bonds. The number of aliphatic hydroxyl groups is 1. The van der Waals surface area contributed by atoms with Gasteiger partial charge in [-0.2, -0.15) is 0 Å². The number of carbonyl (C=O) groups is 2. The van der Waals surface area contributed by atoms with Crippen molar-refractivity contribution < 1.29 is 27.9 Å². The Morgan fingerprint density at radius 1 is 1.14 bits per heavy atom. The summed E-state index contributed by atoms with van der Waals surface area (Å²) in [5.41, 5.74) is -2.68.